The molecule has 6 N–H and O–H groups in total. The number of carbonyl (C=O) groups is 2. The minimum atomic E-state index is -0.682. The summed E-state index contributed by atoms with van der Waals surface area (Å²) >= 11 is 11.5. The van der Waals surface area contributed by atoms with Crippen molar-refractivity contribution in [2.45, 2.75) is 24.4 Å². The van der Waals surface area contributed by atoms with Gasteiger partial charge in [0.15, 0.2) is 0 Å². The van der Waals surface area contributed by atoms with Gasteiger partial charge in [-0.1, -0.05) is 23.2 Å². The number of β-amino-alcohol motifs (C(OH)–C–C–N with tert-alkyl or cyclic N) is 2. The number of aliphatic hydroxyl groups excluding tert-OH is 2. The number of aliphatic hydroxyl groups is 2. The van der Waals surface area contributed by atoms with Crippen LogP contribution in [-0.4, -0.2) is 102 Å². The third-order valence-electron chi connectivity index (χ3n) is 5.68. The highest BCUT2D eigenvalue weighted by Gasteiger charge is 2.36. The molecule has 2 aromatic rings. The summed E-state index contributed by atoms with van der Waals surface area (Å²) in [5.41, 5.74) is 0. The van der Waals surface area contributed by atoms with Crippen molar-refractivity contribution < 1.29 is 34.8 Å². The highest BCUT2D eigenvalue weighted by Crippen LogP contribution is 2.22. The molecule has 0 bridgehead atoms. The van der Waals surface area contributed by atoms with Crippen molar-refractivity contribution in [1.29, 1.82) is 0 Å². The fraction of sp³-hybridized carbons (Fsp3) is 0.417. The molecule has 2 fully saturated rings. The second-order valence-corrected chi connectivity index (χ2v) is 9.15. The third kappa shape index (κ3) is 8.54. The maximum atomic E-state index is 11.4. The molecular weight excluding hydrogens is 527 g/mol. The predicted octanol–water partition coefficient (Wildman–Crippen LogP) is 1.38. The number of nitrogens with one attached hydrogen (secondary N) is 2. The van der Waals surface area contributed by atoms with Crippen molar-refractivity contribution in [2.75, 3.05) is 40.3 Å². The number of halogens is 2. The highest BCUT2D eigenvalue weighted by molar-refractivity contribution is 6.30. The van der Waals surface area contributed by atoms with Gasteiger partial charge in [-0.3, -0.25) is 0 Å². The van der Waals surface area contributed by atoms with Gasteiger partial charge in [0.1, 0.15) is 35.9 Å². The number of hydrogen-bond acceptors (Lipinski definition) is 6. The Hall–Kier alpha value is -2.96. The summed E-state index contributed by atoms with van der Waals surface area (Å²) in [6.45, 7) is 1.28. The largest absolute Gasteiger partial charge is 0.486 e. The van der Waals surface area contributed by atoms with E-state index >= 15 is 0 Å². The van der Waals surface area contributed by atoms with Gasteiger partial charge in [0, 0.05) is 24.1 Å². The first-order chi connectivity index (χ1) is 17.2. The molecule has 2 heterocycles. The Morgan fingerprint density at radius 3 is 1.35 bits per heavy atom. The molecule has 11 nitrogen and oxygen atoms in total. The second-order valence-electron chi connectivity index (χ2n) is 8.28. The average Bonchev–Trinajstić information content (AvgIpc) is 3.43. The van der Waals surface area contributed by atoms with Crippen molar-refractivity contribution in [1.82, 2.24) is 20.4 Å². The molecule has 37 heavy (non-hydrogen) atoms. The number of likely N-dealkylation sites (tertiary alicyclic amines) is 2. The lowest BCUT2D eigenvalue weighted by Crippen LogP contribution is -2.37. The number of carbonyl (C=O) groups excluding carboxylic acids is 2. The van der Waals surface area contributed by atoms with Gasteiger partial charge in [-0.25, -0.2) is 9.59 Å². The smallest absolute Gasteiger partial charge is 0.317 e. The molecule has 4 rings (SSSR count). The van der Waals surface area contributed by atoms with E-state index in [-0.39, 0.29) is 30.6 Å². The van der Waals surface area contributed by atoms with Gasteiger partial charge in [0.05, 0.1) is 26.2 Å². The molecule has 0 spiro atoms. The van der Waals surface area contributed by atoms with Crippen LogP contribution in [0.1, 0.15) is 0 Å². The van der Waals surface area contributed by atoms with Gasteiger partial charge in [-0.15, -0.1) is 0 Å². The lowest BCUT2D eigenvalue weighted by Gasteiger charge is -2.16. The van der Waals surface area contributed by atoms with Crippen LogP contribution in [0.5, 0.6) is 11.5 Å². The molecular formula is C24H32Cl2N4O7. The zero-order valence-electron chi connectivity index (χ0n) is 20.4. The molecule has 0 aliphatic carbocycles. The zero-order chi connectivity index (χ0) is 26.2. The van der Waals surface area contributed by atoms with Gasteiger partial charge in [0.25, 0.3) is 0 Å². The molecule has 2 aromatic carbocycles. The minimum absolute atomic E-state index is 0. The van der Waals surface area contributed by atoms with E-state index in [1.54, 1.807) is 62.6 Å². The summed E-state index contributed by atoms with van der Waals surface area (Å²) in [5, 5.41) is 26.0. The lowest BCUT2D eigenvalue weighted by molar-refractivity contribution is 0.0737. The number of amides is 4. The predicted molar refractivity (Wildman–Crippen MR) is 139 cm³/mol. The Kier molecular flexibility index (Phi) is 11.5. The van der Waals surface area contributed by atoms with Crippen LogP contribution in [0.4, 0.5) is 9.59 Å². The number of hydrogen-bond donors (Lipinski definition) is 4. The Morgan fingerprint density at radius 2 is 1.05 bits per heavy atom. The monoisotopic (exact) mass is 558 g/mol. The molecule has 2 saturated heterocycles. The molecule has 0 unspecified atom stereocenters. The van der Waals surface area contributed by atoms with E-state index in [0.29, 0.717) is 34.6 Å². The zero-order valence-corrected chi connectivity index (χ0v) is 21.9. The van der Waals surface area contributed by atoms with Crippen LogP contribution in [0, 0.1) is 0 Å². The number of ether oxygens (including phenoxy) is 2. The maximum Gasteiger partial charge on any atom is 0.317 e. The summed E-state index contributed by atoms with van der Waals surface area (Å²) in [6.07, 6.45) is -2.19. The molecule has 2 aliphatic rings. The molecule has 2 aliphatic heterocycles. The number of nitrogens with zero attached hydrogens (tertiary/aromatic N) is 2. The van der Waals surface area contributed by atoms with Crippen LogP contribution in [0.25, 0.3) is 0 Å². The van der Waals surface area contributed by atoms with Gasteiger partial charge in [0.2, 0.25) is 0 Å². The third-order valence-corrected chi connectivity index (χ3v) is 6.18. The Balaban J connectivity index is 0.000000253. The Labute approximate surface area is 225 Å². The second kappa shape index (κ2) is 14.1. The summed E-state index contributed by atoms with van der Waals surface area (Å²) in [6, 6.07) is 13.4. The van der Waals surface area contributed by atoms with E-state index in [4.69, 9.17) is 32.7 Å². The van der Waals surface area contributed by atoms with E-state index in [0.717, 1.165) is 0 Å². The molecule has 0 aromatic heterocycles. The molecule has 0 saturated carbocycles. The SMILES string of the molecule is CNC(=O)N1C[C@@H](O)[C@H](Oc2ccc(Cl)cc2)C1.CNC(=O)N1C[C@@H](O)[C@H](Oc2ccc(Cl)cc2)C1.O. The topological polar surface area (TPSA) is 155 Å². The van der Waals surface area contributed by atoms with E-state index < -0.39 is 24.4 Å². The van der Waals surface area contributed by atoms with Gasteiger partial charge >= 0.3 is 12.1 Å². The average molecular weight is 559 g/mol. The normalized spacial score (nSPS) is 22.3. The molecule has 204 valence electrons. The maximum absolute atomic E-state index is 11.4. The molecule has 13 heteroatoms. The standard InChI is InChI=1S/2C12H15ClN2O3.H2O/c2*1-14-12(17)15-6-10(16)11(7-15)18-9-4-2-8(13)3-5-9;/h2*2-5,10-11,16H,6-7H2,1H3,(H,14,17);1H2/t2*10-,11-;/m11./s1. The summed E-state index contributed by atoms with van der Waals surface area (Å²) in [5.74, 6) is 1.25. The first-order valence-corrected chi connectivity index (χ1v) is 12.1. The first kappa shape index (κ1) is 30.3. The number of urea groups is 2. The van der Waals surface area contributed by atoms with Crippen molar-refractivity contribution >= 4 is 35.3 Å². The van der Waals surface area contributed by atoms with Gasteiger partial charge in [-0.2, -0.15) is 0 Å². The molecule has 4 amide bonds. The van der Waals surface area contributed by atoms with Gasteiger partial charge < -0.3 is 45.6 Å². The van der Waals surface area contributed by atoms with E-state index in [1.807, 2.05) is 0 Å². The first-order valence-electron chi connectivity index (χ1n) is 11.3. The van der Waals surface area contributed by atoms with Crippen LogP contribution < -0.4 is 20.1 Å². The van der Waals surface area contributed by atoms with Crippen LogP contribution in [0.15, 0.2) is 48.5 Å². The molecule has 4 atom stereocenters. The highest BCUT2D eigenvalue weighted by atomic mass is 35.5. The van der Waals surface area contributed by atoms with Crippen molar-refractivity contribution in [3.8, 4) is 11.5 Å². The van der Waals surface area contributed by atoms with E-state index in [1.165, 1.54) is 9.80 Å². The fourth-order valence-corrected chi connectivity index (χ4v) is 4.02. The van der Waals surface area contributed by atoms with Crippen LogP contribution in [-0.2, 0) is 0 Å². The van der Waals surface area contributed by atoms with E-state index in [9.17, 15) is 19.8 Å². The summed E-state index contributed by atoms with van der Waals surface area (Å²) < 4.78 is 11.3. The van der Waals surface area contributed by atoms with Crippen LogP contribution >= 0.6 is 23.2 Å². The minimum Gasteiger partial charge on any atom is -0.486 e. The Bertz CT molecular complexity index is 932. The summed E-state index contributed by atoms with van der Waals surface area (Å²) in [7, 11) is 3.12. The fourth-order valence-electron chi connectivity index (χ4n) is 3.77. The van der Waals surface area contributed by atoms with Crippen LogP contribution in [0.3, 0.4) is 0 Å². The van der Waals surface area contributed by atoms with Crippen LogP contribution in [0.2, 0.25) is 10.0 Å². The quantitative estimate of drug-likeness (QED) is 0.444. The Morgan fingerprint density at radius 1 is 0.730 bits per heavy atom. The number of rotatable bonds is 4. The van der Waals surface area contributed by atoms with Gasteiger partial charge in [-0.05, 0) is 48.5 Å². The summed E-state index contributed by atoms with van der Waals surface area (Å²) in [4.78, 5) is 25.9. The van der Waals surface area contributed by atoms with E-state index in [2.05, 4.69) is 10.6 Å². The van der Waals surface area contributed by atoms with Crippen molar-refractivity contribution in [3.05, 3.63) is 58.6 Å². The van der Waals surface area contributed by atoms with Crippen molar-refractivity contribution in [2.24, 2.45) is 0 Å². The lowest BCUT2D eigenvalue weighted by atomic mass is 10.2. The molecule has 0 radical (unpaired) electrons. The number of benzene rings is 2. The van der Waals surface area contributed by atoms with Crippen molar-refractivity contribution in [3.63, 3.8) is 0 Å².